The van der Waals surface area contributed by atoms with E-state index in [2.05, 4.69) is 5.32 Å². The van der Waals surface area contributed by atoms with Gasteiger partial charge in [-0.15, -0.1) is 0 Å². The van der Waals surface area contributed by atoms with E-state index in [1.807, 2.05) is 0 Å². The zero-order chi connectivity index (χ0) is 14.9. The van der Waals surface area contributed by atoms with Gasteiger partial charge in [-0.1, -0.05) is 6.92 Å². The minimum atomic E-state index is -1.32. The third-order valence-electron chi connectivity index (χ3n) is 3.15. The Morgan fingerprint density at radius 1 is 1.20 bits per heavy atom. The van der Waals surface area contributed by atoms with Crippen LogP contribution in [0.4, 0.5) is 18.9 Å². The number of halogens is 3. The fraction of sp³-hybridized carbons (Fsp3) is 0.385. The Morgan fingerprint density at radius 3 is 2.50 bits per heavy atom. The molecule has 1 aromatic carbocycles. The molecule has 0 spiro atoms. The second-order valence-corrected chi connectivity index (χ2v) is 4.49. The molecule has 108 valence electrons. The van der Waals surface area contributed by atoms with E-state index < -0.39 is 29.4 Å². The molecule has 0 radical (unpaired) electrons. The molecule has 1 aliphatic heterocycles. The van der Waals surface area contributed by atoms with Gasteiger partial charge in [-0.25, -0.2) is 13.2 Å². The van der Waals surface area contributed by atoms with Crippen molar-refractivity contribution in [1.29, 1.82) is 0 Å². The van der Waals surface area contributed by atoms with Gasteiger partial charge >= 0.3 is 0 Å². The zero-order valence-electron chi connectivity index (χ0n) is 10.8. The number of anilines is 1. The van der Waals surface area contributed by atoms with Crippen molar-refractivity contribution in [3.05, 3.63) is 29.6 Å². The molecule has 1 unspecified atom stereocenters. The molecule has 20 heavy (non-hydrogen) atoms. The summed E-state index contributed by atoms with van der Waals surface area (Å²) in [6.45, 7) is 1.61. The Kier molecular flexibility index (Phi) is 3.96. The van der Waals surface area contributed by atoms with Crippen molar-refractivity contribution >= 4 is 17.5 Å². The summed E-state index contributed by atoms with van der Waals surface area (Å²) in [6.07, 6.45) is 0.299. The molecule has 1 fully saturated rings. The fourth-order valence-corrected chi connectivity index (χ4v) is 2.07. The van der Waals surface area contributed by atoms with Gasteiger partial charge in [-0.3, -0.25) is 9.59 Å². The Morgan fingerprint density at radius 2 is 1.85 bits per heavy atom. The molecule has 1 aliphatic rings. The van der Waals surface area contributed by atoms with E-state index in [1.54, 1.807) is 6.92 Å². The normalized spacial score (nSPS) is 19.8. The summed E-state index contributed by atoms with van der Waals surface area (Å²) in [4.78, 5) is 24.6. The monoisotopic (exact) mass is 286 g/mol. The number of amides is 2. The smallest absolute Gasteiger partial charge is 0.249 e. The maximum atomic E-state index is 13.7. The van der Waals surface area contributed by atoms with Crippen molar-refractivity contribution in [3.8, 4) is 0 Å². The highest BCUT2D eigenvalue weighted by molar-refractivity contribution is 6.01. The molecule has 0 aliphatic carbocycles. The molecule has 4 nitrogen and oxygen atoms in total. The van der Waals surface area contributed by atoms with Gasteiger partial charge in [0.2, 0.25) is 11.8 Å². The van der Waals surface area contributed by atoms with Crippen LogP contribution in [0.3, 0.4) is 0 Å². The first-order valence-electron chi connectivity index (χ1n) is 6.19. The Bertz CT molecular complexity index is 563. The van der Waals surface area contributed by atoms with Crippen LogP contribution in [-0.4, -0.2) is 24.4 Å². The van der Waals surface area contributed by atoms with Crippen LogP contribution in [0.2, 0.25) is 0 Å². The van der Waals surface area contributed by atoms with Crippen LogP contribution < -0.4 is 10.2 Å². The summed E-state index contributed by atoms with van der Waals surface area (Å²) in [5.41, 5.74) is -0.358. The highest BCUT2D eigenvalue weighted by atomic mass is 19.2. The number of carbonyl (C=O) groups is 2. The lowest BCUT2D eigenvalue weighted by Gasteiger charge is -2.24. The predicted molar refractivity (Wildman–Crippen MR) is 65.5 cm³/mol. The van der Waals surface area contributed by atoms with E-state index in [0.29, 0.717) is 18.6 Å². The van der Waals surface area contributed by atoms with E-state index in [0.717, 1.165) is 4.90 Å². The van der Waals surface area contributed by atoms with Crippen molar-refractivity contribution in [2.45, 2.75) is 25.8 Å². The van der Waals surface area contributed by atoms with Crippen LogP contribution >= 0.6 is 0 Å². The van der Waals surface area contributed by atoms with Gasteiger partial charge in [0.25, 0.3) is 0 Å². The third-order valence-corrected chi connectivity index (χ3v) is 3.15. The highest BCUT2D eigenvalue weighted by Crippen LogP contribution is 2.25. The molecule has 0 aromatic heterocycles. The molecular formula is C13H13F3N2O2. The summed E-state index contributed by atoms with van der Waals surface area (Å²) >= 11 is 0. The Hall–Kier alpha value is -2.05. The molecule has 1 saturated heterocycles. The quantitative estimate of drug-likeness (QED) is 0.842. The second-order valence-electron chi connectivity index (χ2n) is 4.49. The number of nitrogens with one attached hydrogen (secondary N) is 1. The molecular weight excluding hydrogens is 273 g/mol. The van der Waals surface area contributed by atoms with E-state index in [9.17, 15) is 22.8 Å². The minimum Gasteiger partial charge on any atom is -0.344 e. The first-order valence-corrected chi connectivity index (χ1v) is 6.19. The first-order chi connectivity index (χ1) is 9.43. The molecule has 1 N–H and O–H groups in total. The standard InChI is InChI=1S/C13H13F3N2O2/c1-2-10-13(20)18(4-3-12(19)17-10)11-6-8(15)7(14)5-9(11)16/h5-6,10H,2-4H2,1H3,(H,17,19). The zero-order valence-corrected chi connectivity index (χ0v) is 10.8. The van der Waals surface area contributed by atoms with Gasteiger partial charge in [0, 0.05) is 25.1 Å². The van der Waals surface area contributed by atoms with E-state index in [4.69, 9.17) is 0 Å². The molecule has 1 heterocycles. The van der Waals surface area contributed by atoms with Crippen LogP contribution in [0, 0.1) is 17.5 Å². The minimum absolute atomic E-state index is 0.0271. The second kappa shape index (κ2) is 5.52. The van der Waals surface area contributed by atoms with Crippen LogP contribution in [0.1, 0.15) is 19.8 Å². The molecule has 2 amide bonds. The molecule has 1 atom stereocenters. The lowest BCUT2D eigenvalue weighted by Crippen LogP contribution is -2.44. The summed E-state index contributed by atoms with van der Waals surface area (Å²) < 4.78 is 39.9. The predicted octanol–water partition coefficient (Wildman–Crippen LogP) is 1.74. The van der Waals surface area contributed by atoms with Crippen LogP contribution in [0.5, 0.6) is 0 Å². The first kappa shape index (κ1) is 14.4. The number of rotatable bonds is 2. The Balaban J connectivity index is 2.42. The highest BCUT2D eigenvalue weighted by Gasteiger charge is 2.31. The number of benzene rings is 1. The SMILES string of the molecule is CCC1NC(=O)CCN(c2cc(F)c(F)cc2F)C1=O. The topological polar surface area (TPSA) is 49.4 Å². The van der Waals surface area contributed by atoms with E-state index in [-0.39, 0.29) is 24.6 Å². The van der Waals surface area contributed by atoms with Gasteiger partial charge < -0.3 is 10.2 Å². The van der Waals surface area contributed by atoms with E-state index >= 15 is 0 Å². The summed E-state index contributed by atoms with van der Waals surface area (Å²) in [5.74, 6) is -4.49. The lowest BCUT2D eigenvalue weighted by molar-refractivity contribution is -0.125. The maximum Gasteiger partial charge on any atom is 0.249 e. The fourth-order valence-electron chi connectivity index (χ4n) is 2.07. The average Bonchev–Trinajstić information content (AvgIpc) is 2.54. The van der Waals surface area contributed by atoms with Gasteiger partial charge in [0.15, 0.2) is 11.6 Å². The molecule has 1 aromatic rings. The van der Waals surface area contributed by atoms with Gasteiger partial charge in [-0.05, 0) is 6.42 Å². The number of hydrogen-bond acceptors (Lipinski definition) is 2. The molecule has 0 bridgehead atoms. The van der Waals surface area contributed by atoms with E-state index in [1.165, 1.54) is 0 Å². The van der Waals surface area contributed by atoms with Crippen molar-refractivity contribution in [1.82, 2.24) is 5.32 Å². The number of carbonyl (C=O) groups excluding carboxylic acids is 2. The summed E-state index contributed by atoms with van der Waals surface area (Å²) in [6, 6.07) is 0.224. The molecule has 7 heteroatoms. The maximum absolute atomic E-state index is 13.7. The van der Waals surface area contributed by atoms with Crippen LogP contribution in [0.15, 0.2) is 12.1 Å². The summed E-state index contributed by atoms with van der Waals surface area (Å²) in [7, 11) is 0. The number of hydrogen-bond donors (Lipinski definition) is 1. The number of nitrogens with zero attached hydrogens (tertiary/aromatic N) is 1. The third kappa shape index (κ3) is 2.61. The average molecular weight is 286 g/mol. The van der Waals surface area contributed by atoms with Crippen molar-refractivity contribution in [2.75, 3.05) is 11.4 Å². The van der Waals surface area contributed by atoms with Gasteiger partial charge in [-0.2, -0.15) is 0 Å². The van der Waals surface area contributed by atoms with Gasteiger partial charge in [0.05, 0.1) is 5.69 Å². The summed E-state index contributed by atoms with van der Waals surface area (Å²) in [5, 5.41) is 2.50. The van der Waals surface area contributed by atoms with Crippen molar-refractivity contribution in [2.24, 2.45) is 0 Å². The molecule has 0 saturated carbocycles. The van der Waals surface area contributed by atoms with Crippen LogP contribution in [-0.2, 0) is 9.59 Å². The van der Waals surface area contributed by atoms with Crippen molar-refractivity contribution < 1.29 is 22.8 Å². The largest absolute Gasteiger partial charge is 0.344 e. The van der Waals surface area contributed by atoms with Crippen molar-refractivity contribution in [3.63, 3.8) is 0 Å². The Labute approximate surface area is 113 Å². The molecule has 2 rings (SSSR count). The lowest BCUT2D eigenvalue weighted by atomic mass is 10.2. The van der Waals surface area contributed by atoms with Gasteiger partial charge in [0.1, 0.15) is 11.9 Å². The van der Waals surface area contributed by atoms with Crippen LogP contribution in [0.25, 0.3) is 0 Å².